The number of aromatic nitrogens is 1. The molecule has 0 radical (unpaired) electrons. The van der Waals surface area contributed by atoms with E-state index < -0.39 is 11.6 Å². The molecule has 0 atom stereocenters. The Kier molecular flexibility index (Phi) is 4.47. The van der Waals surface area contributed by atoms with Crippen LogP contribution >= 0.6 is 0 Å². The van der Waals surface area contributed by atoms with Crippen LogP contribution in [0, 0.1) is 11.6 Å². The molecule has 2 N–H and O–H groups in total. The fourth-order valence-corrected chi connectivity index (χ4v) is 1.72. The van der Waals surface area contributed by atoms with Crippen LogP contribution in [0.2, 0.25) is 0 Å². The lowest BCUT2D eigenvalue weighted by Gasteiger charge is -2.10. The fourth-order valence-electron chi connectivity index (χ4n) is 1.72. The molecule has 110 valence electrons. The van der Waals surface area contributed by atoms with Crippen molar-refractivity contribution in [2.24, 2.45) is 0 Å². The molecule has 1 heterocycles. The van der Waals surface area contributed by atoms with E-state index >= 15 is 0 Å². The number of hydrogen-bond donors (Lipinski definition) is 2. The normalized spacial score (nSPS) is 10.5. The largest absolute Gasteiger partial charge is 0.352 e. The lowest BCUT2D eigenvalue weighted by Crippen LogP contribution is -2.30. The molecule has 0 fully saturated rings. The van der Waals surface area contributed by atoms with Crippen LogP contribution in [0.15, 0.2) is 36.7 Å². The second-order valence-electron chi connectivity index (χ2n) is 4.84. The lowest BCUT2D eigenvalue weighted by atomic mass is 10.2. The van der Waals surface area contributed by atoms with Gasteiger partial charge in [0.15, 0.2) is 0 Å². The molecule has 0 unspecified atom stereocenters. The van der Waals surface area contributed by atoms with Gasteiger partial charge in [0, 0.05) is 18.3 Å². The predicted molar refractivity (Wildman–Crippen MR) is 76.5 cm³/mol. The van der Waals surface area contributed by atoms with E-state index in [0.29, 0.717) is 11.3 Å². The third-order valence-electron chi connectivity index (χ3n) is 2.63. The molecule has 4 nitrogen and oxygen atoms in total. The standard InChI is InChI=1S/C15H15F2N3O/c1-9(2)19-15(21)10-5-12(8-18-7-10)20-14-4-3-11(16)6-13(14)17/h3-9,20H,1-2H3,(H,19,21). The van der Waals surface area contributed by atoms with E-state index in [-0.39, 0.29) is 17.6 Å². The van der Waals surface area contributed by atoms with E-state index in [1.807, 2.05) is 13.8 Å². The van der Waals surface area contributed by atoms with Crippen LogP contribution in [0.5, 0.6) is 0 Å². The van der Waals surface area contributed by atoms with Gasteiger partial charge in [-0.05, 0) is 32.0 Å². The highest BCUT2D eigenvalue weighted by Crippen LogP contribution is 2.20. The second kappa shape index (κ2) is 6.30. The Bertz CT molecular complexity index is 659. The number of pyridine rings is 1. The minimum Gasteiger partial charge on any atom is -0.352 e. The Balaban J connectivity index is 2.19. The maximum atomic E-state index is 13.6. The molecule has 0 aliphatic rings. The molecule has 0 spiro atoms. The van der Waals surface area contributed by atoms with Crippen molar-refractivity contribution < 1.29 is 13.6 Å². The summed E-state index contributed by atoms with van der Waals surface area (Å²) in [6.45, 7) is 3.70. The number of nitrogens with one attached hydrogen (secondary N) is 2. The fraction of sp³-hybridized carbons (Fsp3) is 0.200. The summed E-state index contributed by atoms with van der Waals surface area (Å²) in [5.74, 6) is -1.63. The number of carbonyl (C=O) groups excluding carboxylic acids is 1. The zero-order valence-corrected chi connectivity index (χ0v) is 11.7. The molecular formula is C15H15F2N3O. The van der Waals surface area contributed by atoms with E-state index in [1.165, 1.54) is 18.5 Å². The average molecular weight is 291 g/mol. The van der Waals surface area contributed by atoms with Gasteiger partial charge >= 0.3 is 0 Å². The van der Waals surface area contributed by atoms with Gasteiger partial charge in [0.2, 0.25) is 0 Å². The number of anilines is 2. The van der Waals surface area contributed by atoms with Crippen LogP contribution in [0.1, 0.15) is 24.2 Å². The SMILES string of the molecule is CC(C)NC(=O)c1cncc(Nc2ccc(F)cc2F)c1. The second-order valence-corrected chi connectivity index (χ2v) is 4.84. The van der Waals surface area contributed by atoms with Crippen molar-refractivity contribution in [2.45, 2.75) is 19.9 Å². The molecule has 1 aromatic heterocycles. The monoisotopic (exact) mass is 291 g/mol. The number of hydrogen-bond acceptors (Lipinski definition) is 3. The van der Waals surface area contributed by atoms with Gasteiger partial charge < -0.3 is 10.6 Å². The van der Waals surface area contributed by atoms with E-state index in [2.05, 4.69) is 15.6 Å². The summed E-state index contributed by atoms with van der Waals surface area (Å²) >= 11 is 0. The van der Waals surface area contributed by atoms with Crippen LogP contribution in [0.4, 0.5) is 20.2 Å². The van der Waals surface area contributed by atoms with Crippen molar-refractivity contribution in [3.63, 3.8) is 0 Å². The third-order valence-corrected chi connectivity index (χ3v) is 2.63. The first-order valence-corrected chi connectivity index (χ1v) is 6.43. The van der Waals surface area contributed by atoms with Gasteiger partial charge in [-0.1, -0.05) is 0 Å². The lowest BCUT2D eigenvalue weighted by molar-refractivity contribution is 0.0943. The smallest absolute Gasteiger partial charge is 0.253 e. The molecule has 0 bridgehead atoms. The Morgan fingerprint density at radius 1 is 1.19 bits per heavy atom. The zero-order valence-electron chi connectivity index (χ0n) is 11.7. The summed E-state index contributed by atoms with van der Waals surface area (Å²) in [4.78, 5) is 15.8. The van der Waals surface area contributed by atoms with Crippen LogP contribution < -0.4 is 10.6 Å². The van der Waals surface area contributed by atoms with E-state index in [9.17, 15) is 13.6 Å². The van der Waals surface area contributed by atoms with Crippen LogP contribution in [0.3, 0.4) is 0 Å². The van der Waals surface area contributed by atoms with Gasteiger partial charge in [-0.15, -0.1) is 0 Å². The number of amides is 1. The predicted octanol–water partition coefficient (Wildman–Crippen LogP) is 3.24. The van der Waals surface area contributed by atoms with Gasteiger partial charge in [0.25, 0.3) is 5.91 Å². The summed E-state index contributed by atoms with van der Waals surface area (Å²) in [5, 5.41) is 5.50. The van der Waals surface area contributed by atoms with Crippen molar-refractivity contribution >= 4 is 17.3 Å². The summed E-state index contributed by atoms with van der Waals surface area (Å²) in [6, 6.07) is 4.77. The maximum Gasteiger partial charge on any atom is 0.253 e. The highest BCUT2D eigenvalue weighted by atomic mass is 19.1. The topological polar surface area (TPSA) is 54.0 Å². The zero-order chi connectivity index (χ0) is 15.4. The molecule has 21 heavy (non-hydrogen) atoms. The Labute approximate surface area is 121 Å². The summed E-state index contributed by atoms with van der Waals surface area (Å²) in [7, 11) is 0. The first-order chi connectivity index (χ1) is 9.95. The number of benzene rings is 1. The quantitative estimate of drug-likeness (QED) is 0.909. The van der Waals surface area contributed by atoms with Crippen LogP contribution in [-0.4, -0.2) is 16.9 Å². The van der Waals surface area contributed by atoms with Crippen molar-refractivity contribution in [3.05, 3.63) is 53.9 Å². The minimum atomic E-state index is -0.716. The van der Waals surface area contributed by atoms with Crippen molar-refractivity contribution in [1.82, 2.24) is 10.3 Å². The van der Waals surface area contributed by atoms with Gasteiger partial charge in [-0.2, -0.15) is 0 Å². The maximum absolute atomic E-state index is 13.6. The summed E-state index contributed by atoms with van der Waals surface area (Å²) in [5.41, 5.74) is 0.910. The highest BCUT2D eigenvalue weighted by Gasteiger charge is 2.09. The number of carbonyl (C=O) groups is 1. The molecule has 6 heteroatoms. The van der Waals surface area contributed by atoms with Gasteiger partial charge in [0.1, 0.15) is 11.6 Å². The van der Waals surface area contributed by atoms with Crippen molar-refractivity contribution in [1.29, 1.82) is 0 Å². The highest BCUT2D eigenvalue weighted by molar-refractivity contribution is 5.95. The molecule has 0 saturated carbocycles. The molecule has 0 saturated heterocycles. The number of nitrogens with zero attached hydrogens (tertiary/aromatic N) is 1. The molecule has 1 amide bonds. The Morgan fingerprint density at radius 3 is 2.62 bits per heavy atom. The van der Waals surface area contributed by atoms with E-state index in [0.717, 1.165) is 12.1 Å². The summed E-state index contributed by atoms with van der Waals surface area (Å²) < 4.78 is 26.4. The number of rotatable bonds is 4. The minimum absolute atomic E-state index is 0.00339. The van der Waals surface area contributed by atoms with E-state index in [1.54, 1.807) is 6.07 Å². The Morgan fingerprint density at radius 2 is 1.95 bits per heavy atom. The van der Waals surface area contributed by atoms with Crippen LogP contribution in [0.25, 0.3) is 0 Å². The molecular weight excluding hydrogens is 276 g/mol. The molecule has 2 aromatic rings. The molecule has 0 aliphatic carbocycles. The van der Waals surface area contributed by atoms with Crippen LogP contribution in [-0.2, 0) is 0 Å². The van der Waals surface area contributed by atoms with E-state index in [4.69, 9.17) is 0 Å². The van der Waals surface area contributed by atoms with Crippen molar-refractivity contribution in [3.8, 4) is 0 Å². The van der Waals surface area contributed by atoms with Gasteiger partial charge in [-0.25, -0.2) is 8.78 Å². The van der Waals surface area contributed by atoms with Crippen molar-refractivity contribution in [2.75, 3.05) is 5.32 Å². The van der Waals surface area contributed by atoms with Gasteiger partial charge in [0.05, 0.1) is 23.1 Å². The molecule has 0 aliphatic heterocycles. The summed E-state index contributed by atoms with van der Waals surface area (Å²) in [6.07, 6.45) is 2.87. The average Bonchev–Trinajstić information content (AvgIpc) is 2.41. The van der Waals surface area contributed by atoms with Gasteiger partial charge in [-0.3, -0.25) is 9.78 Å². The first-order valence-electron chi connectivity index (χ1n) is 6.43. The first kappa shape index (κ1) is 14.9. The molecule has 2 rings (SSSR count). The Hall–Kier alpha value is -2.50. The number of halogens is 2. The third kappa shape index (κ3) is 3.98. The molecule has 1 aromatic carbocycles.